The van der Waals surface area contributed by atoms with E-state index in [4.69, 9.17) is 19.4 Å². The molecule has 3 aromatic heterocycles. The molecular weight excluding hydrogens is 679 g/mol. The largest absolute Gasteiger partial charge is 0.456 e. The highest BCUT2D eigenvalue weighted by molar-refractivity contribution is 7.26. The van der Waals surface area contributed by atoms with Crippen molar-refractivity contribution in [1.82, 2.24) is 15.0 Å². The number of hydrogen-bond donors (Lipinski definition) is 0. The van der Waals surface area contributed by atoms with Crippen molar-refractivity contribution in [3.05, 3.63) is 176 Å². The van der Waals surface area contributed by atoms with Crippen molar-refractivity contribution >= 4 is 64.2 Å². The predicted octanol–water partition coefficient (Wildman–Crippen LogP) is 13.6. The Kier molecular flexibility index (Phi) is 7.00. The molecule has 0 fully saturated rings. The summed E-state index contributed by atoms with van der Waals surface area (Å²) in [7, 11) is 0. The Morgan fingerprint density at radius 3 is 1.89 bits per heavy atom. The highest BCUT2D eigenvalue weighted by atomic mass is 32.1. The van der Waals surface area contributed by atoms with Gasteiger partial charge in [0, 0.05) is 47.6 Å². The zero-order chi connectivity index (χ0) is 35.6. The van der Waals surface area contributed by atoms with Gasteiger partial charge in [0.05, 0.1) is 0 Å². The van der Waals surface area contributed by atoms with E-state index in [-0.39, 0.29) is 0 Å². The van der Waals surface area contributed by atoms with Crippen LogP contribution in [-0.2, 0) is 0 Å². The summed E-state index contributed by atoms with van der Waals surface area (Å²) in [6.07, 6.45) is 0. The van der Waals surface area contributed by atoms with Crippen LogP contribution in [0.5, 0.6) is 0 Å². The van der Waals surface area contributed by atoms with E-state index >= 15 is 0 Å². The summed E-state index contributed by atoms with van der Waals surface area (Å²) >= 11 is 1.86. The summed E-state index contributed by atoms with van der Waals surface area (Å²) in [5.74, 6) is 1.85. The quantitative estimate of drug-likeness (QED) is 0.179. The second-order valence-corrected chi connectivity index (χ2v) is 14.6. The predicted molar refractivity (Wildman–Crippen MR) is 225 cm³/mol. The molecule has 252 valence electrons. The number of fused-ring (bicyclic) bond motifs is 7. The molecule has 0 bridgehead atoms. The third kappa shape index (κ3) is 5.01. The number of thiophene rings is 1. The third-order valence-corrected chi connectivity index (χ3v) is 11.5. The van der Waals surface area contributed by atoms with Crippen LogP contribution >= 0.6 is 11.3 Å². The van der Waals surface area contributed by atoms with Crippen LogP contribution < -0.4 is 0 Å². The van der Waals surface area contributed by atoms with Gasteiger partial charge in [-0.25, -0.2) is 15.0 Å². The molecule has 3 heterocycles. The Labute approximate surface area is 314 Å². The minimum atomic E-state index is 0.602. The molecule has 0 amide bonds. The maximum absolute atomic E-state index is 6.52. The van der Waals surface area contributed by atoms with Crippen LogP contribution in [0.4, 0.5) is 0 Å². The summed E-state index contributed by atoms with van der Waals surface area (Å²) in [4.78, 5) is 15.3. The molecule has 0 aliphatic carbocycles. The van der Waals surface area contributed by atoms with Gasteiger partial charge in [-0.2, -0.15) is 0 Å². The van der Waals surface area contributed by atoms with Gasteiger partial charge < -0.3 is 4.42 Å². The zero-order valence-electron chi connectivity index (χ0n) is 28.9. The van der Waals surface area contributed by atoms with Crippen molar-refractivity contribution in [1.29, 1.82) is 0 Å². The van der Waals surface area contributed by atoms with Gasteiger partial charge in [0.2, 0.25) is 0 Å². The minimum Gasteiger partial charge on any atom is -0.456 e. The van der Waals surface area contributed by atoms with Crippen LogP contribution in [0.25, 0.3) is 109 Å². The van der Waals surface area contributed by atoms with Crippen LogP contribution in [-0.4, -0.2) is 15.0 Å². The summed E-state index contributed by atoms with van der Waals surface area (Å²) < 4.78 is 9.09. The third-order valence-electron chi connectivity index (χ3n) is 10.3. The van der Waals surface area contributed by atoms with Crippen LogP contribution in [0.1, 0.15) is 0 Å². The van der Waals surface area contributed by atoms with Crippen molar-refractivity contribution in [3.63, 3.8) is 0 Å². The molecule has 0 radical (unpaired) electrons. The van der Waals surface area contributed by atoms with E-state index < -0.39 is 0 Å². The van der Waals surface area contributed by atoms with Crippen molar-refractivity contribution in [2.24, 2.45) is 0 Å². The lowest BCUT2D eigenvalue weighted by Gasteiger charge is -2.10. The fraction of sp³-hybridized carbons (Fsp3) is 0. The first-order valence-electron chi connectivity index (χ1n) is 18.0. The average Bonchev–Trinajstić information content (AvgIpc) is 3.82. The summed E-state index contributed by atoms with van der Waals surface area (Å²) in [5, 5.41) is 6.86. The number of nitrogens with zero attached hydrogens (tertiary/aromatic N) is 3. The molecule has 0 saturated carbocycles. The number of rotatable bonds is 5. The molecule has 0 N–H and O–H groups in total. The zero-order valence-corrected chi connectivity index (χ0v) is 29.7. The SMILES string of the molecule is c1ccc(-c2nc(-c3ccc4ccccc4c3)nc(-c3cccc4oc5ccc(-c6cccc7sc8c(-c9ccccc9)cccc8c67)cc5c34)n2)cc1. The van der Waals surface area contributed by atoms with Crippen molar-refractivity contribution in [3.8, 4) is 56.4 Å². The molecule has 0 aliphatic rings. The molecule has 0 aliphatic heterocycles. The first kappa shape index (κ1) is 30.7. The van der Waals surface area contributed by atoms with Gasteiger partial charge >= 0.3 is 0 Å². The van der Waals surface area contributed by atoms with Crippen molar-refractivity contribution in [2.75, 3.05) is 0 Å². The van der Waals surface area contributed by atoms with E-state index in [0.29, 0.717) is 17.5 Å². The second-order valence-electron chi connectivity index (χ2n) is 13.6. The van der Waals surface area contributed by atoms with Crippen LogP contribution in [0.15, 0.2) is 180 Å². The molecule has 0 unspecified atom stereocenters. The monoisotopic (exact) mass is 707 g/mol. The first-order valence-corrected chi connectivity index (χ1v) is 18.8. The Hall–Kier alpha value is -6.95. The number of hydrogen-bond acceptors (Lipinski definition) is 5. The Morgan fingerprint density at radius 1 is 0.370 bits per heavy atom. The lowest BCUT2D eigenvalue weighted by atomic mass is 9.96. The van der Waals surface area contributed by atoms with Gasteiger partial charge in [0.1, 0.15) is 11.2 Å². The smallest absolute Gasteiger partial charge is 0.164 e. The normalized spacial score (nSPS) is 11.7. The number of aromatic nitrogens is 3. The average molecular weight is 708 g/mol. The van der Waals surface area contributed by atoms with E-state index in [1.165, 1.54) is 42.2 Å². The van der Waals surface area contributed by atoms with E-state index in [0.717, 1.165) is 49.6 Å². The van der Waals surface area contributed by atoms with E-state index in [1.807, 2.05) is 53.8 Å². The van der Waals surface area contributed by atoms with Gasteiger partial charge in [0.25, 0.3) is 0 Å². The van der Waals surface area contributed by atoms with E-state index in [1.54, 1.807) is 0 Å². The van der Waals surface area contributed by atoms with Crippen LogP contribution in [0.2, 0.25) is 0 Å². The fourth-order valence-electron chi connectivity index (χ4n) is 7.78. The molecule has 11 aromatic rings. The van der Waals surface area contributed by atoms with E-state index in [2.05, 4.69) is 133 Å². The lowest BCUT2D eigenvalue weighted by Crippen LogP contribution is -2.00. The molecule has 0 saturated heterocycles. The highest BCUT2D eigenvalue weighted by Crippen LogP contribution is 2.45. The number of furan rings is 1. The van der Waals surface area contributed by atoms with Crippen LogP contribution in [0, 0.1) is 0 Å². The topological polar surface area (TPSA) is 51.8 Å². The molecule has 4 nitrogen and oxygen atoms in total. The lowest BCUT2D eigenvalue weighted by molar-refractivity contribution is 0.669. The molecule has 8 aromatic carbocycles. The van der Waals surface area contributed by atoms with Crippen LogP contribution in [0.3, 0.4) is 0 Å². The second kappa shape index (κ2) is 12.3. The van der Waals surface area contributed by atoms with Gasteiger partial charge in [-0.3, -0.25) is 0 Å². The molecule has 5 heteroatoms. The standard InChI is InChI=1S/C49H29N3OS/c1-3-13-31(14-4-1)37-19-9-20-38-45-36(18-11-23-43(45)54-46(37)38)34-26-27-41-40(29-34)44-39(21-10-22-42(44)53-41)49-51-47(32-15-5-2-6-16-32)50-48(52-49)35-25-24-30-12-7-8-17-33(30)28-35/h1-29H. The molecule has 0 atom stereocenters. The Bertz CT molecular complexity index is 3220. The molecule has 0 spiro atoms. The fourth-order valence-corrected chi connectivity index (χ4v) is 9.05. The highest BCUT2D eigenvalue weighted by Gasteiger charge is 2.20. The minimum absolute atomic E-state index is 0.602. The summed E-state index contributed by atoms with van der Waals surface area (Å²) in [6, 6.07) is 61.5. The van der Waals surface area contributed by atoms with Gasteiger partial charge in [-0.1, -0.05) is 146 Å². The first-order chi connectivity index (χ1) is 26.7. The summed E-state index contributed by atoms with van der Waals surface area (Å²) in [5.41, 5.74) is 9.20. The van der Waals surface area contributed by atoms with Gasteiger partial charge in [-0.15, -0.1) is 11.3 Å². The number of benzene rings is 8. The van der Waals surface area contributed by atoms with Crippen molar-refractivity contribution in [2.45, 2.75) is 0 Å². The Balaban J connectivity index is 1.12. The maximum atomic E-state index is 6.52. The molecule has 11 rings (SSSR count). The van der Waals surface area contributed by atoms with Gasteiger partial charge in [0.15, 0.2) is 17.5 Å². The van der Waals surface area contributed by atoms with Gasteiger partial charge in [-0.05, 0) is 63.4 Å². The van der Waals surface area contributed by atoms with E-state index in [9.17, 15) is 0 Å². The maximum Gasteiger partial charge on any atom is 0.164 e. The molecule has 54 heavy (non-hydrogen) atoms. The molecular formula is C49H29N3OS. The Morgan fingerprint density at radius 2 is 1.04 bits per heavy atom. The summed E-state index contributed by atoms with van der Waals surface area (Å²) in [6.45, 7) is 0. The van der Waals surface area contributed by atoms with Crippen molar-refractivity contribution < 1.29 is 4.42 Å².